The van der Waals surface area contributed by atoms with Crippen LogP contribution in [0.25, 0.3) is 37.9 Å². The zero-order valence-corrected chi connectivity index (χ0v) is 20.5. The quantitative estimate of drug-likeness (QED) is 0.383. The second-order valence-electron chi connectivity index (χ2n) is 8.98. The van der Waals surface area contributed by atoms with Gasteiger partial charge in [0, 0.05) is 37.2 Å². The first-order valence-corrected chi connectivity index (χ1v) is 12.2. The van der Waals surface area contributed by atoms with E-state index in [1.54, 1.807) is 43.8 Å². The Labute approximate surface area is 204 Å². The summed E-state index contributed by atoms with van der Waals surface area (Å²) in [5.41, 5.74) is 5.78. The highest BCUT2D eigenvalue weighted by atomic mass is 32.1. The van der Waals surface area contributed by atoms with Gasteiger partial charge in [0.1, 0.15) is 17.3 Å². The molecule has 7 nitrogen and oxygen atoms in total. The van der Waals surface area contributed by atoms with Crippen LogP contribution in [0.15, 0.2) is 30.5 Å². The first-order chi connectivity index (χ1) is 16.8. The fraction of sp³-hybridized carbons (Fsp3) is 0.280. The summed E-state index contributed by atoms with van der Waals surface area (Å²) in [5, 5.41) is 22.9. The summed E-state index contributed by atoms with van der Waals surface area (Å²) in [6.45, 7) is 6.41. The molecule has 1 atom stereocenters. The maximum absolute atomic E-state index is 15.3. The molecule has 0 unspecified atom stereocenters. The fourth-order valence-corrected chi connectivity index (χ4v) is 5.76. The second-order valence-corrected chi connectivity index (χ2v) is 9.96. The van der Waals surface area contributed by atoms with E-state index >= 15 is 4.39 Å². The van der Waals surface area contributed by atoms with Crippen molar-refractivity contribution in [1.82, 2.24) is 35.1 Å². The molecule has 0 bridgehead atoms. The minimum atomic E-state index is -0.367. The summed E-state index contributed by atoms with van der Waals surface area (Å²) in [4.78, 5) is 0. The zero-order valence-electron chi connectivity index (χ0n) is 19.7. The van der Waals surface area contributed by atoms with Gasteiger partial charge in [-0.3, -0.25) is 4.68 Å². The lowest BCUT2D eigenvalue weighted by Gasteiger charge is -2.20. The van der Waals surface area contributed by atoms with Crippen molar-refractivity contribution in [3.63, 3.8) is 0 Å². The molecule has 3 aromatic heterocycles. The standard InChI is InChI=1S/C25H23F2N7S/c1-12-9-15(10-13(2)21(12)26)34-23(20-14(3)28-8-7-18(20)32-34)25-31-30-24(35-25)16-5-6-19-17(22(16)27)11-29-33(19)4/h5-6,9-11,14,28H,7-8H2,1-4H3/t14-/m0/s1. The number of nitrogens with one attached hydrogen (secondary N) is 1. The van der Waals surface area contributed by atoms with Crippen molar-refractivity contribution in [3.05, 3.63) is 64.5 Å². The third kappa shape index (κ3) is 3.39. The third-order valence-electron chi connectivity index (χ3n) is 6.63. The summed E-state index contributed by atoms with van der Waals surface area (Å²) >= 11 is 1.32. The Balaban J connectivity index is 1.54. The molecule has 0 amide bonds. The summed E-state index contributed by atoms with van der Waals surface area (Å²) < 4.78 is 33.2. The van der Waals surface area contributed by atoms with Crippen molar-refractivity contribution < 1.29 is 8.78 Å². The fourth-order valence-electron chi connectivity index (χ4n) is 4.85. The number of aromatic nitrogens is 6. The van der Waals surface area contributed by atoms with Gasteiger partial charge in [0.05, 0.1) is 28.5 Å². The molecule has 5 aromatic rings. The zero-order chi connectivity index (χ0) is 24.4. The first kappa shape index (κ1) is 22.0. The van der Waals surface area contributed by atoms with Crippen LogP contribution in [0.3, 0.4) is 0 Å². The second kappa shape index (κ2) is 8.03. The molecule has 2 aromatic carbocycles. The van der Waals surface area contributed by atoms with E-state index in [0.717, 1.165) is 35.6 Å². The predicted octanol–water partition coefficient (Wildman–Crippen LogP) is 5.05. The Bertz CT molecular complexity index is 1590. The largest absolute Gasteiger partial charge is 0.310 e. The Kier molecular flexibility index (Phi) is 5.05. The summed E-state index contributed by atoms with van der Waals surface area (Å²) in [7, 11) is 1.78. The number of halogens is 2. The van der Waals surface area contributed by atoms with Gasteiger partial charge >= 0.3 is 0 Å². The summed E-state index contributed by atoms with van der Waals surface area (Å²) in [6, 6.07) is 7.19. The Hall–Kier alpha value is -3.50. The molecule has 0 saturated carbocycles. The average molecular weight is 492 g/mol. The highest BCUT2D eigenvalue weighted by Crippen LogP contribution is 2.40. The van der Waals surface area contributed by atoms with E-state index < -0.39 is 0 Å². The highest BCUT2D eigenvalue weighted by Gasteiger charge is 2.30. The van der Waals surface area contributed by atoms with Gasteiger partial charge in [0.15, 0.2) is 10.0 Å². The Morgan fingerprint density at radius 1 is 1.06 bits per heavy atom. The van der Waals surface area contributed by atoms with E-state index in [9.17, 15) is 4.39 Å². The van der Waals surface area contributed by atoms with Crippen LogP contribution in [0.2, 0.25) is 0 Å². The number of rotatable bonds is 3. The van der Waals surface area contributed by atoms with Crippen LogP contribution in [0.5, 0.6) is 0 Å². The smallest absolute Gasteiger partial charge is 0.167 e. The number of fused-ring (bicyclic) bond motifs is 2. The van der Waals surface area contributed by atoms with Crippen LogP contribution in [0.1, 0.15) is 35.3 Å². The molecule has 1 N–H and O–H groups in total. The molecule has 35 heavy (non-hydrogen) atoms. The van der Waals surface area contributed by atoms with Gasteiger partial charge in [-0.2, -0.15) is 10.2 Å². The molecule has 0 aliphatic carbocycles. The van der Waals surface area contributed by atoms with E-state index in [2.05, 4.69) is 27.5 Å². The van der Waals surface area contributed by atoms with Crippen molar-refractivity contribution in [1.29, 1.82) is 0 Å². The SMILES string of the molecule is Cc1cc(-n2nc3c(c2-c2nnc(-c4ccc5c(cnn5C)c4F)s2)[C@H](C)NCC3)cc(C)c1F. The van der Waals surface area contributed by atoms with Crippen LogP contribution in [-0.4, -0.2) is 36.3 Å². The molecule has 0 saturated heterocycles. The molecule has 10 heteroatoms. The van der Waals surface area contributed by atoms with Crippen molar-refractivity contribution in [3.8, 4) is 27.0 Å². The molecule has 0 radical (unpaired) electrons. The number of hydrogen-bond donors (Lipinski definition) is 1. The normalized spacial score (nSPS) is 15.7. The predicted molar refractivity (Wildman–Crippen MR) is 132 cm³/mol. The van der Waals surface area contributed by atoms with Gasteiger partial charge in [-0.25, -0.2) is 13.5 Å². The van der Waals surface area contributed by atoms with E-state index in [-0.39, 0.29) is 17.7 Å². The molecular formula is C25H23F2N7S. The minimum Gasteiger partial charge on any atom is -0.310 e. The summed E-state index contributed by atoms with van der Waals surface area (Å²) in [5.74, 6) is -0.588. The molecular weight excluding hydrogens is 468 g/mol. The molecule has 1 aliphatic rings. The molecule has 0 fully saturated rings. The Morgan fingerprint density at radius 2 is 1.80 bits per heavy atom. The van der Waals surface area contributed by atoms with Crippen molar-refractivity contribution in [2.75, 3.05) is 6.54 Å². The van der Waals surface area contributed by atoms with Crippen molar-refractivity contribution >= 4 is 22.2 Å². The van der Waals surface area contributed by atoms with Crippen molar-refractivity contribution in [2.45, 2.75) is 33.2 Å². The van der Waals surface area contributed by atoms with Crippen LogP contribution < -0.4 is 5.32 Å². The minimum absolute atomic E-state index is 0.0565. The van der Waals surface area contributed by atoms with Crippen LogP contribution in [-0.2, 0) is 13.5 Å². The molecule has 4 heterocycles. The van der Waals surface area contributed by atoms with Gasteiger partial charge in [-0.15, -0.1) is 10.2 Å². The third-order valence-corrected chi connectivity index (χ3v) is 7.60. The topological polar surface area (TPSA) is 73.5 Å². The number of hydrogen-bond acceptors (Lipinski definition) is 6. The highest BCUT2D eigenvalue weighted by molar-refractivity contribution is 7.17. The maximum Gasteiger partial charge on any atom is 0.167 e. The van der Waals surface area contributed by atoms with Gasteiger partial charge in [0.2, 0.25) is 0 Å². The van der Waals surface area contributed by atoms with Crippen LogP contribution in [0.4, 0.5) is 8.78 Å². The van der Waals surface area contributed by atoms with E-state index in [1.807, 2.05) is 10.7 Å². The van der Waals surface area contributed by atoms with Crippen LogP contribution in [0, 0.1) is 25.5 Å². The molecule has 1 aliphatic heterocycles. The van der Waals surface area contributed by atoms with E-state index in [1.165, 1.54) is 17.5 Å². The number of aryl methyl sites for hydroxylation is 3. The molecule has 6 rings (SSSR count). The van der Waals surface area contributed by atoms with Gasteiger partial charge in [-0.05, 0) is 56.2 Å². The molecule has 178 valence electrons. The van der Waals surface area contributed by atoms with E-state index in [0.29, 0.717) is 37.6 Å². The monoisotopic (exact) mass is 491 g/mol. The van der Waals surface area contributed by atoms with E-state index in [4.69, 9.17) is 5.10 Å². The molecule has 0 spiro atoms. The van der Waals surface area contributed by atoms with Crippen molar-refractivity contribution in [2.24, 2.45) is 7.05 Å². The lowest BCUT2D eigenvalue weighted by molar-refractivity contribution is 0.538. The first-order valence-electron chi connectivity index (χ1n) is 11.4. The Morgan fingerprint density at radius 3 is 2.57 bits per heavy atom. The van der Waals surface area contributed by atoms with Gasteiger partial charge in [-0.1, -0.05) is 11.3 Å². The number of nitrogens with zero attached hydrogens (tertiary/aromatic N) is 6. The lowest BCUT2D eigenvalue weighted by atomic mass is 10.00. The maximum atomic E-state index is 15.3. The average Bonchev–Trinajstić information content (AvgIpc) is 3.55. The van der Waals surface area contributed by atoms with Gasteiger partial charge < -0.3 is 5.32 Å². The lowest BCUT2D eigenvalue weighted by Crippen LogP contribution is -2.27. The summed E-state index contributed by atoms with van der Waals surface area (Å²) in [6.07, 6.45) is 2.30. The van der Waals surface area contributed by atoms with Crippen LogP contribution >= 0.6 is 11.3 Å². The number of benzene rings is 2. The van der Waals surface area contributed by atoms with Gasteiger partial charge in [0.25, 0.3) is 0 Å².